The van der Waals surface area contributed by atoms with E-state index in [1.165, 1.54) is 0 Å². The predicted molar refractivity (Wildman–Crippen MR) is 54.3 cm³/mol. The first-order chi connectivity index (χ1) is 6.40. The second kappa shape index (κ2) is 4.64. The highest BCUT2D eigenvalue weighted by Gasteiger charge is 2.30. The van der Waals surface area contributed by atoms with Gasteiger partial charge in [0.2, 0.25) is 0 Å². The SMILES string of the molecule is CNC1CCOCC1SC1COC1. The van der Waals surface area contributed by atoms with Crippen LogP contribution >= 0.6 is 11.8 Å². The largest absolute Gasteiger partial charge is 0.380 e. The van der Waals surface area contributed by atoms with Crippen LogP contribution in [0.4, 0.5) is 0 Å². The molecule has 2 atom stereocenters. The lowest BCUT2D eigenvalue weighted by Crippen LogP contribution is -2.46. The molecule has 1 N–H and O–H groups in total. The highest BCUT2D eigenvalue weighted by molar-refractivity contribution is 8.00. The lowest BCUT2D eigenvalue weighted by Gasteiger charge is -2.35. The van der Waals surface area contributed by atoms with Gasteiger partial charge in [-0.3, -0.25) is 0 Å². The Morgan fingerprint density at radius 1 is 1.23 bits per heavy atom. The van der Waals surface area contributed by atoms with E-state index in [-0.39, 0.29) is 0 Å². The molecular weight excluding hydrogens is 186 g/mol. The molecule has 2 rings (SSSR count). The first-order valence-electron chi connectivity index (χ1n) is 4.88. The molecule has 0 saturated carbocycles. The molecule has 0 aliphatic carbocycles. The number of hydrogen-bond donors (Lipinski definition) is 1. The molecule has 0 bridgehead atoms. The standard InChI is InChI=1S/C9H17NO2S/c1-10-8-2-3-11-6-9(8)13-7-4-12-5-7/h7-10H,2-6H2,1H3. The van der Waals surface area contributed by atoms with Crippen molar-refractivity contribution in [1.29, 1.82) is 0 Å². The zero-order valence-corrected chi connectivity index (χ0v) is 8.81. The Bertz CT molecular complexity index is 164. The molecular formula is C9H17NO2S. The minimum absolute atomic E-state index is 0.618. The Hall–Kier alpha value is 0.230. The summed E-state index contributed by atoms with van der Waals surface area (Å²) in [6.07, 6.45) is 1.14. The molecule has 0 aromatic heterocycles. The van der Waals surface area contributed by atoms with E-state index in [9.17, 15) is 0 Å². The van der Waals surface area contributed by atoms with Gasteiger partial charge >= 0.3 is 0 Å². The van der Waals surface area contributed by atoms with Crippen molar-refractivity contribution >= 4 is 11.8 Å². The zero-order chi connectivity index (χ0) is 9.10. The Balaban J connectivity index is 1.79. The average Bonchev–Trinajstić information content (AvgIpc) is 2.12. The van der Waals surface area contributed by atoms with Crippen LogP contribution in [0.15, 0.2) is 0 Å². The van der Waals surface area contributed by atoms with Crippen molar-refractivity contribution in [2.75, 3.05) is 33.5 Å². The Morgan fingerprint density at radius 3 is 2.69 bits per heavy atom. The Kier molecular flexibility index (Phi) is 3.49. The zero-order valence-electron chi connectivity index (χ0n) is 7.99. The van der Waals surface area contributed by atoms with Crippen LogP contribution in [-0.4, -0.2) is 50.0 Å². The summed E-state index contributed by atoms with van der Waals surface area (Å²) in [6, 6.07) is 0.624. The lowest BCUT2D eigenvalue weighted by atomic mass is 10.1. The van der Waals surface area contributed by atoms with Crippen LogP contribution < -0.4 is 5.32 Å². The van der Waals surface area contributed by atoms with E-state index in [1.807, 2.05) is 18.8 Å². The molecule has 0 amide bonds. The molecule has 0 aromatic rings. The van der Waals surface area contributed by atoms with Crippen molar-refractivity contribution in [3.05, 3.63) is 0 Å². The molecule has 76 valence electrons. The Labute approximate surface area is 83.5 Å². The van der Waals surface area contributed by atoms with Crippen LogP contribution in [0.1, 0.15) is 6.42 Å². The third kappa shape index (κ3) is 2.37. The monoisotopic (exact) mass is 203 g/mol. The number of rotatable bonds is 3. The van der Waals surface area contributed by atoms with Gasteiger partial charge in [0.25, 0.3) is 0 Å². The molecule has 4 heteroatoms. The van der Waals surface area contributed by atoms with Crippen molar-refractivity contribution in [1.82, 2.24) is 5.32 Å². The second-order valence-corrected chi connectivity index (χ2v) is 5.14. The van der Waals surface area contributed by atoms with E-state index in [0.29, 0.717) is 16.5 Å². The summed E-state index contributed by atoms with van der Waals surface area (Å²) < 4.78 is 10.6. The van der Waals surface area contributed by atoms with Gasteiger partial charge in [-0.1, -0.05) is 0 Å². The summed E-state index contributed by atoms with van der Waals surface area (Å²) in [4.78, 5) is 0. The molecule has 0 spiro atoms. The summed E-state index contributed by atoms with van der Waals surface area (Å²) in [7, 11) is 2.04. The molecule has 2 saturated heterocycles. The summed E-state index contributed by atoms with van der Waals surface area (Å²) >= 11 is 2.03. The lowest BCUT2D eigenvalue weighted by molar-refractivity contribution is 0.0433. The van der Waals surface area contributed by atoms with Crippen molar-refractivity contribution in [2.24, 2.45) is 0 Å². The predicted octanol–water partition coefficient (Wildman–Crippen LogP) is 0.495. The highest BCUT2D eigenvalue weighted by Crippen LogP contribution is 2.28. The molecule has 0 radical (unpaired) electrons. The van der Waals surface area contributed by atoms with Crippen molar-refractivity contribution < 1.29 is 9.47 Å². The topological polar surface area (TPSA) is 30.5 Å². The van der Waals surface area contributed by atoms with Crippen molar-refractivity contribution in [3.8, 4) is 0 Å². The molecule has 2 aliphatic rings. The van der Waals surface area contributed by atoms with Gasteiger partial charge in [-0.05, 0) is 13.5 Å². The number of nitrogens with one attached hydrogen (secondary N) is 1. The van der Waals surface area contributed by atoms with Crippen LogP contribution in [0.5, 0.6) is 0 Å². The van der Waals surface area contributed by atoms with Crippen LogP contribution in [0.25, 0.3) is 0 Å². The first-order valence-corrected chi connectivity index (χ1v) is 5.82. The number of ether oxygens (including phenoxy) is 2. The van der Waals surface area contributed by atoms with Crippen molar-refractivity contribution in [3.63, 3.8) is 0 Å². The minimum Gasteiger partial charge on any atom is -0.380 e. The molecule has 2 heterocycles. The third-order valence-corrected chi connectivity index (χ3v) is 4.12. The Morgan fingerprint density at radius 2 is 2.08 bits per heavy atom. The average molecular weight is 203 g/mol. The summed E-state index contributed by atoms with van der Waals surface area (Å²) in [5, 5.41) is 4.69. The normalized spacial score (nSPS) is 35.8. The van der Waals surface area contributed by atoms with E-state index in [1.54, 1.807) is 0 Å². The van der Waals surface area contributed by atoms with Crippen LogP contribution in [0.2, 0.25) is 0 Å². The maximum Gasteiger partial charge on any atom is 0.0608 e. The van der Waals surface area contributed by atoms with Crippen LogP contribution in [0.3, 0.4) is 0 Å². The van der Waals surface area contributed by atoms with Gasteiger partial charge in [0, 0.05) is 17.9 Å². The molecule has 13 heavy (non-hydrogen) atoms. The number of thioether (sulfide) groups is 1. The maximum absolute atomic E-state index is 5.48. The second-order valence-electron chi connectivity index (χ2n) is 3.59. The van der Waals surface area contributed by atoms with Gasteiger partial charge in [-0.2, -0.15) is 0 Å². The fraction of sp³-hybridized carbons (Fsp3) is 1.00. The molecule has 2 fully saturated rings. The molecule has 0 aromatic carbocycles. The van der Waals surface area contributed by atoms with E-state index in [0.717, 1.165) is 32.8 Å². The first kappa shape index (κ1) is 9.77. The van der Waals surface area contributed by atoms with E-state index in [4.69, 9.17) is 9.47 Å². The van der Waals surface area contributed by atoms with Crippen molar-refractivity contribution in [2.45, 2.75) is 23.0 Å². The van der Waals surface area contributed by atoms with E-state index >= 15 is 0 Å². The van der Waals surface area contributed by atoms with Gasteiger partial charge < -0.3 is 14.8 Å². The minimum atomic E-state index is 0.618. The molecule has 2 aliphatic heterocycles. The van der Waals surface area contributed by atoms with Crippen LogP contribution in [0, 0.1) is 0 Å². The van der Waals surface area contributed by atoms with E-state index < -0.39 is 0 Å². The van der Waals surface area contributed by atoms with Gasteiger partial charge in [0.1, 0.15) is 0 Å². The quantitative estimate of drug-likeness (QED) is 0.723. The molecule has 2 unspecified atom stereocenters. The molecule has 3 nitrogen and oxygen atoms in total. The highest BCUT2D eigenvalue weighted by atomic mass is 32.2. The van der Waals surface area contributed by atoms with Gasteiger partial charge in [0.05, 0.1) is 25.1 Å². The summed E-state index contributed by atoms with van der Waals surface area (Å²) in [5.41, 5.74) is 0. The summed E-state index contributed by atoms with van der Waals surface area (Å²) in [6.45, 7) is 3.66. The fourth-order valence-electron chi connectivity index (χ4n) is 1.72. The number of hydrogen-bond acceptors (Lipinski definition) is 4. The third-order valence-electron chi connectivity index (χ3n) is 2.65. The van der Waals surface area contributed by atoms with Gasteiger partial charge in [0.15, 0.2) is 0 Å². The van der Waals surface area contributed by atoms with E-state index in [2.05, 4.69) is 5.32 Å². The van der Waals surface area contributed by atoms with Crippen LogP contribution in [-0.2, 0) is 9.47 Å². The summed E-state index contributed by atoms with van der Waals surface area (Å²) in [5.74, 6) is 0. The maximum atomic E-state index is 5.48. The smallest absolute Gasteiger partial charge is 0.0608 e. The van der Waals surface area contributed by atoms with Gasteiger partial charge in [-0.15, -0.1) is 11.8 Å². The van der Waals surface area contributed by atoms with Gasteiger partial charge in [-0.25, -0.2) is 0 Å². The fourth-order valence-corrected chi connectivity index (χ4v) is 3.20.